The number of aromatic nitrogens is 2. The summed E-state index contributed by atoms with van der Waals surface area (Å²) in [6, 6.07) is 0.680. The van der Waals surface area contributed by atoms with E-state index in [0.29, 0.717) is 6.04 Å². The van der Waals surface area contributed by atoms with Crippen molar-refractivity contribution >= 4 is 0 Å². The van der Waals surface area contributed by atoms with Crippen LogP contribution in [0.25, 0.3) is 0 Å². The Kier molecular flexibility index (Phi) is 4.61. The standard InChI is InChI=1S/C15H27N3O/c1-15(2,3)14-16-13(17-19-14)11-18(4)12-9-7-5-6-8-10-12/h12H,5-11H2,1-4H3. The van der Waals surface area contributed by atoms with E-state index in [-0.39, 0.29) is 5.41 Å². The van der Waals surface area contributed by atoms with E-state index < -0.39 is 0 Å². The summed E-state index contributed by atoms with van der Waals surface area (Å²) in [5.74, 6) is 1.55. The van der Waals surface area contributed by atoms with Crippen LogP contribution in [0, 0.1) is 0 Å². The first-order valence-electron chi connectivity index (χ1n) is 7.50. The normalized spacial score (nSPS) is 18.8. The van der Waals surface area contributed by atoms with Crippen LogP contribution in [0.2, 0.25) is 0 Å². The van der Waals surface area contributed by atoms with Crippen LogP contribution in [0.3, 0.4) is 0 Å². The van der Waals surface area contributed by atoms with Crippen molar-refractivity contribution in [1.82, 2.24) is 15.0 Å². The predicted molar refractivity (Wildman–Crippen MR) is 76.0 cm³/mol. The lowest BCUT2D eigenvalue weighted by molar-refractivity contribution is 0.205. The van der Waals surface area contributed by atoms with Crippen LogP contribution in [0.1, 0.15) is 71.0 Å². The quantitative estimate of drug-likeness (QED) is 0.784. The van der Waals surface area contributed by atoms with Crippen molar-refractivity contribution in [3.63, 3.8) is 0 Å². The van der Waals surface area contributed by atoms with Crippen molar-refractivity contribution in [2.24, 2.45) is 0 Å². The van der Waals surface area contributed by atoms with Crippen molar-refractivity contribution in [3.05, 3.63) is 11.7 Å². The lowest BCUT2D eigenvalue weighted by Crippen LogP contribution is -2.31. The second-order valence-corrected chi connectivity index (χ2v) is 6.83. The molecule has 1 saturated carbocycles. The molecule has 0 unspecified atom stereocenters. The lowest BCUT2D eigenvalue weighted by atomic mass is 9.97. The Morgan fingerprint density at radius 2 is 1.79 bits per heavy atom. The van der Waals surface area contributed by atoms with Gasteiger partial charge >= 0.3 is 0 Å². The highest BCUT2D eigenvalue weighted by Gasteiger charge is 2.23. The van der Waals surface area contributed by atoms with E-state index in [4.69, 9.17) is 4.52 Å². The molecule has 4 nitrogen and oxygen atoms in total. The van der Waals surface area contributed by atoms with Crippen molar-refractivity contribution in [3.8, 4) is 0 Å². The fraction of sp³-hybridized carbons (Fsp3) is 0.867. The zero-order chi connectivity index (χ0) is 13.9. The molecule has 108 valence electrons. The maximum absolute atomic E-state index is 5.35. The third-order valence-corrected chi connectivity index (χ3v) is 3.95. The summed E-state index contributed by atoms with van der Waals surface area (Å²) in [5, 5.41) is 4.11. The van der Waals surface area contributed by atoms with E-state index in [1.54, 1.807) is 0 Å². The molecule has 19 heavy (non-hydrogen) atoms. The lowest BCUT2D eigenvalue weighted by Gasteiger charge is -2.25. The average Bonchev–Trinajstić information content (AvgIpc) is 2.63. The van der Waals surface area contributed by atoms with E-state index in [1.807, 2.05) is 0 Å². The van der Waals surface area contributed by atoms with Gasteiger partial charge in [0.1, 0.15) is 0 Å². The molecule has 0 N–H and O–H groups in total. The van der Waals surface area contributed by atoms with Gasteiger partial charge in [0.25, 0.3) is 0 Å². The summed E-state index contributed by atoms with van der Waals surface area (Å²) < 4.78 is 5.35. The maximum atomic E-state index is 5.35. The number of rotatable bonds is 3. The van der Waals surface area contributed by atoms with Crippen LogP contribution in [0.4, 0.5) is 0 Å². The maximum Gasteiger partial charge on any atom is 0.232 e. The zero-order valence-corrected chi connectivity index (χ0v) is 12.8. The molecular formula is C15H27N3O. The molecule has 4 heteroatoms. The molecular weight excluding hydrogens is 238 g/mol. The van der Waals surface area contributed by atoms with Gasteiger partial charge in [-0.2, -0.15) is 4.98 Å². The van der Waals surface area contributed by atoms with Gasteiger partial charge in [-0.15, -0.1) is 0 Å². The molecule has 0 aromatic carbocycles. The average molecular weight is 265 g/mol. The molecule has 0 bridgehead atoms. The van der Waals surface area contributed by atoms with Crippen LogP contribution in [0.15, 0.2) is 4.52 Å². The van der Waals surface area contributed by atoms with E-state index >= 15 is 0 Å². The van der Waals surface area contributed by atoms with Gasteiger partial charge in [0.2, 0.25) is 5.89 Å². The van der Waals surface area contributed by atoms with Crippen LogP contribution in [-0.2, 0) is 12.0 Å². The van der Waals surface area contributed by atoms with Gasteiger partial charge in [-0.3, -0.25) is 4.90 Å². The summed E-state index contributed by atoms with van der Waals surface area (Å²) in [6.45, 7) is 7.09. The molecule has 0 saturated heterocycles. The van der Waals surface area contributed by atoms with Gasteiger partial charge in [-0.25, -0.2) is 0 Å². The van der Waals surface area contributed by atoms with Gasteiger partial charge in [-0.1, -0.05) is 51.6 Å². The first kappa shape index (κ1) is 14.5. The number of hydrogen-bond donors (Lipinski definition) is 0. The molecule has 1 aromatic heterocycles. The minimum absolute atomic E-state index is 0.0634. The Balaban J connectivity index is 1.94. The summed E-state index contributed by atoms with van der Waals surface area (Å²) in [5.41, 5.74) is -0.0634. The second kappa shape index (κ2) is 6.04. The molecule has 1 aliphatic carbocycles. The molecule has 0 atom stereocenters. The molecule has 0 radical (unpaired) electrons. The van der Waals surface area contributed by atoms with Gasteiger partial charge in [0, 0.05) is 11.5 Å². The van der Waals surface area contributed by atoms with E-state index in [0.717, 1.165) is 18.3 Å². The molecule has 1 aromatic rings. The zero-order valence-electron chi connectivity index (χ0n) is 12.8. The summed E-state index contributed by atoms with van der Waals surface area (Å²) in [7, 11) is 2.18. The van der Waals surface area contributed by atoms with Crippen LogP contribution in [-0.4, -0.2) is 28.1 Å². The van der Waals surface area contributed by atoms with Crippen LogP contribution < -0.4 is 0 Å². The third kappa shape index (κ3) is 4.03. The Labute approximate surface area is 116 Å². The smallest absolute Gasteiger partial charge is 0.232 e. The molecule has 0 spiro atoms. The summed E-state index contributed by atoms with van der Waals surface area (Å²) in [4.78, 5) is 6.91. The fourth-order valence-corrected chi connectivity index (χ4v) is 2.67. The molecule has 1 aliphatic rings. The van der Waals surface area contributed by atoms with Crippen LogP contribution >= 0.6 is 0 Å². The minimum Gasteiger partial charge on any atom is -0.339 e. The Bertz CT molecular complexity index is 386. The predicted octanol–water partition coefficient (Wildman–Crippen LogP) is 3.52. The Morgan fingerprint density at radius 1 is 1.16 bits per heavy atom. The highest BCUT2D eigenvalue weighted by Crippen LogP contribution is 2.23. The minimum atomic E-state index is -0.0634. The van der Waals surface area contributed by atoms with Crippen molar-refractivity contribution in [1.29, 1.82) is 0 Å². The molecule has 2 rings (SSSR count). The van der Waals surface area contributed by atoms with E-state index in [9.17, 15) is 0 Å². The summed E-state index contributed by atoms with van der Waals surface area (Å²) >= 11 is 0. The van der Waals surface area contributed by atoms with Crippen molar-refractivity contribution in [2.45, 2.75) is 77.3 Å². The Hall–Kier alpha value is -0.900. The highest BCUT2D eigenvalue weighted by molar-refractivity contribution is 4.98. The summed E-state index contributed by atoms with van der Waals surface area (Å²) in [6.07, 6.45) is 8.10. The Morgan fingerprint density at radius 3 is 2.32 bits per heavy atom. The number of hydrogen-bond acceptors (Lipinski definition) is 4. The number of nitrogens with zero attached hydrogens (tertiary/aromatic N) is 3. The molecule has 1 fully saturated rings. The van der Waals surface area contributed by atoms with Crippen molar-refractivity contribution < 1.29 is 4.52 Å². The van der Waals surface area contributed by atoms with E-state index in [1.165, 1.54) is 38.5 Å². The van der Waals surface area contributed by atoms with Crippen molar-refractivity contribution in [2.75, 3.05) is 7.05 Å². The largest absolute Gasteiger partial charge is 0.339 e. The third-order valence-electron chi connectivity index (χ3n) is 3.95. The van der Waals surface area contributed by atoms with Gasteiger partial charge in [-0.05, 0) is 19.9 Å². The second-order valence-electron chi connectivity index (χ2n) is 6.83. The fourth-order valence-electron chi connectivity index (χ4n) is 2.67. The molecule has 0 aliphatic heterocycles. The molecule has 1 heterocycles. The highest BCUT2D eigenvalue weighted by atomic mass is 16.5. The topological polar surface area (TPSA) is 42.2 Å². The first-order valence-corrected chi connectivity index (χ1v) is 7.50. The SMILES string of the molecule is CN(Cc1noc(C(C)(C)C)n1)C1CCCCCC1. The van der Waals surface area contributed by atoms with Gasteiger partial charge < -0.3 is 4.52 Å². The van der Waals surface area contributed by atoms with E-state index in [2.05, 4.69) is 42.9 Å². The van der Waals surface area contributed by atoms with Gasteiger partial charge in [0.15, 0.2) is 5.82 Å². The first-order chi connectivity index (χ1) is 8.97. The molecule has 0 amide bonds. The van der Waals surface area contributed by atoms with Gasteiger partial charge in [0.05, 0.1) is 6.54 Å². The van der Waals surface area contributed by atoms with Crippen LogP contribution in [0.5, 0.6) is 0 Å². The monoisotopic (exact) mass is 265 g/mol.